The summed E-state index contributed by atoms with van der Waals surface area (Å²) < 4.78 is 5.48. The molecule has 0 spiro atoms. The lowest BCUT2D eigenvalue weighted by atomic mass is 10.2. The molecule has 0 saturated heterocycles. The molecule has 1 heterocycles. The van der Waals surface area contributed by atoms with Crippen LogP contribution in [0.1, 0.15) is 29.3 Å². The summed E-state index contributed by atoms with van der Waals surface area (Å²) in [6, 6.07) is 8.18. The van der Waals surface area contributed by atoms with Gasteiger partial charge in [-0.25, -0.2) is 4.98 Å². The Hall–Kier alpha value is -1.35. The number of halogens is 1. The molecule has 0 amide bonds. The van der Waals surface area contributed by atoms with Crippen molar-refractivity contribution in [2.45, 2.75) is 33.4 Å². The van der Waals surface area contributed by atoms with Crippen LogP contribution in [0.5, 0.6) is 5.75 Å². The topological polar surface area (TPSA) is 49.8 Å². The molecule has 0 aliphatic heterocycles. The maximum absolute atomic E-state index is 5.48. The van der Waals surface area contributed by atoms with Crippen LogP contribution in [-0.4, -0.2) is 36.5 Å². The van der Waals surface area contributed by atoms with Crippen molar-refractivity contribution in [1.82, 2.24) is 15.2 Å². The van der Waals surface area contributed by atoms with Gasteiger partial charge in [0.05, 0.1) is 13.2 Å². The first-order valence-corrected chi connectivity index (χ1v) is 9.05. The summed E-state index contributed by atoms with van der Waals surface area (Å²) in [5.74, 6) is 1.76. The van der Waals surface area contributed by atoms with E-state index in [0.29, 0.717) is 13.2 Å². The number of ether oxygens (including phenoxy) is 1. The molecule has 0 saturated carbocycles. The van der Waals surface area contributed by atoms with Gasteiger partial charge in [0.1, 0.15) is 10.8 Å². The molecule has 25 heavy (non-hydrogen) atoms. The van der Waals surface area contributed by atoms with Crippen LogP contribution in [0.15, 0.2) is 35.5 Å². The van der Waals surface area contributed by atoms with Crippen molar-refractivity contribution >= 4 is 41.3 Å². The zero-order chi connectivity index (χ0) is 17.4. The predicted octanol–water partition coefficient (Wildman–Crippen LogP) is 3.93. The number of rotatable bonds is 7. The molecule has 7 heteroatoms. The lowest BCUT2D eigenvalue weighted by Crippen LogP contribution is -2.38. The van der Waals surface area contributed by atoms with Crippen molar-refractivity contribution in [2.75, 3.05) is 20.7 Å². The zero-order valence-corrected chi connectivity index (χ0v) is 18.4. The van der Waals surface area contributed by atoms with Gasteiger partial charge < -0.3 is 15.0 Å². The van der Waals surface area contributed by atoms with Crippen LogP contribution >= 0.6 is 35.3 Å². The van der Waals surface area contributed by atoms with E-state index in [-0.39, 0.29) is 24.0 Å². The van der Waals surface area contributed by atoms with Crippen LogP contribution in [-0.2, 0) is 19.5 Å². The van der Waals surface area contributed by atoms with Crippen molar-refractivity contribution in [3.63, 3.8) is 0 Å². The molecule has 0 aliphatic rings. The molecule has 0 fully saturated rings. The summed E-state index contributed by atoms with van der Waals surface area (Å²) >= 11 is 1.75. The van der Waals surface area contributed by atoms with Crippen molar-refractivity contribution in [2.24, 2.45) is 4.99 Å². The monoisotopic (exact) mass is 474 g/mol. The fourth-order valence-electron chi connectivity index (χ4n) is 2.34. The quantitative estimate of drug-likeness (QED) is 0.376. The van der Waals surface area contributed by atoms with Crippen LogP contribution in [0.4, 0.5) is 0 Å². The van der Waals surface area contributed by atoms with Crippen LogP contribution < -0.4 is 10.1 Å². The molecule has 0 radical (unpaired) electrons. The molecule has 1 N–H and O–H groups in total. The first kappa shape index (κ1) is 21.7. The average Bonchev–Trinajstić information content (AvgIpc) is 3.05. The van der Waals surface area contributed by atoms with Crippen molar-refractivity contribution < 1.29 is 4.74 Å². The molecule has 5 nitrogen and oxygen atoms in total. The predicted molar refractivity (Wildman–Crippen MR) is 116 cm³/mol. The standard InChI is InChI=1S/C18H26N4OS.HI/c1-5-16-11-20-17(24-16)12-21-18(19-3)22(4)13-14-7-9-15(10-8-14)23-6-2;/h7-11H,5-6,12-13H2,1-4H3,(H,19,21);1H. The summed E-state index contributed by atoms with van der Waals surface area (Å²) in [6.45, 7) is 6.30. The molecule has 0 atom stereocenters. The number of benzene rings is 1. The first-order chi connectivity index (χ1) is 11.7. The summed E-state index contributed by atoms with van der Waals surface area (Å²) in [6.07, 6.45) is 2.98. The van der Waals surface area contributed by atoms with Gasteiger partial charge in [0, 0.05) is 31.7 Å². The summed E-state index contributed by atoms with van der Waals surface area (Å²) in [7, 11) is 3.83. The van der Waals surface area contributed by atoms with Crippen LogP contribution in [0, 0.1) is 0 Å². The fourth-order valence-corrected chi connectivity index (χ4v) is 3.14. The van der Waals surface area contributed by atoms with Gasteiger partial charge in [-0.05, 0) is 31.0 Å². The Bertz CT molecular complexity index is 657. The Balaban J connectivity index is 0.00000312. The SMILES string of the molecule is CCOc1ccc(CN(C)C(=NC)NCc2ncc(CC)s2)cc1.I. The van der Waals surface area contributed by atoms with Gasteiger partial charge in [0.2, 0.25) is 0 Å². The van der Waals surface area contributed by atoms with Gasteiger partial charge in [-0.15, -0.1) is 35.3 Å². The molecular weight excluding hydrogens is 447 g/mol. The van der Waals surface area contributed by atoms with E-state index in [4.69, 9.17) is 4.74 Å². The molecular formula is C18H27IN4OS. The van der Waals surface area contributed by atoms with Gasteiger partial charge in [0.15, 0.2) is 5.96 Å². The van der Waals surface area contributed by atoms with Crippen molar-refractivity contribution in [3.8, 4) is 5.75 Å². The minimum absolute atomic E-state index is 0. The Labute approximate surface area is 171 Å². The van der Waals surface area contributed by atoms with E-state index < -0.39 is 0 Å². The third kappa shape index (κ3) is 6.81. The third-order valence-corrected chi connectivity index (χ3v) is 4.72. The van der Waals surface area contributed by atoms with Gasteiger partial charge >= 0.3 is 0 Å². The Morgan fingerprint density at radius 2 is 2.00 bits per heavy atom. The van der Waals surface area contributed by atoms with Crippen LogP contribution in [0.2, 0.25) is 0 Å². The lowest BCUT2D eigenvalue weighted by Gasteiger charge is -2.22. The van der Waals surface area contributed by atoms with E-state index in [2.05, 4.69) is 39.2 Å². The second kappa shape index (κ2) is 11.3. The Morgan fingerprint density at radius 3 is 2.56 bits per heavy atom. The molecule has 0 aliphatic carbocycles. The van der Waals surface area contributed by atoms with E-state index in [1.807, 2.05) is 32.3 Å². The fraction of sp³-hybridized carbons (Fsp3) is 0.444. The highest BCUT2D eigenvalue weighted by Crippen LogP contribution is 2.14. The maximum atomic E-state index is 5.48. The lowest BCUT2D eigenvalue weighted by molar-refractivity contribution is 0.340. The molecule has 1 aromatic carbocycles. The second-order valence-electron chi connectivity index (χ2n) is 5.41. The number of thiazole rings is 1. The summed E-state index contributed by atoms with van der Waals surface area (Å²) in [5.41, 5.74) is 1.21. The van der Waals surface area contributed by atoms with Gasteiger partial charge in [-0.2, -0.15) is 0 Å². The largest absolute Gasteiger partial charge is 0.494 e. The van der Waals surface area contributed by atoms with E-state index >= 15 is 0 Å². The Morgan fingerprint density at radius 1 is 1.28 bits per heavy atom. The highest BCUT2D eigenvalue weighted by Gasteiger charge is 2.08. The molecule has 2 rings (SSSR count). The average molecular weight is 474 g/mol. The number of nitrogens with zero attached hydrogens (tertiary/aromatic N) is 3. The second-order valence-corrected chi connectivity index (χ2v) is 6.61. The van der Waals surface area contributed by atoms with E-state index in [1.165, 1.54) is 10.4 Å². The zero-order valence-electron chi connectivity index (χ0n) is 15.3. The number of nitrogens with one attached hydrogen (secondary N) is 1. The highest BCUT2D eigenvalue weighted by atomic mass is 127. The summed E-state index contributed by atoms with van der Waals surface area (Å²) in [5, 5.41) is 4.46. The van der Waals surface area contributed by atoms with Crippen molar-refractivity contribution in [3.05, 3.63) is 45.9 Å². The smallest absolute Gasteiger partial charge is 0.194 e. The Kier molecular flexibility index (Phi) is 9.81. The number of aryl methyl sites for hydroxylation is 1. The number of aliphatic imine (C=N–C) groups is 1. The van der Waals surface area contributed by atoms with E-state index in [0.717, 1.165) is 29.7 Å². The number of hydrogen-bond acceptors (Lipinski definition) is 4. The van der Waals surface area contributed by atoms with Gasteiger partial charge in [0.25, 0.3) is 0 Å². The number of aromatic nitrogens is 1. The number of guanidine groups is 1. The molecule has 0 unspecified atom stereocenters. The first-order valence-electron chi connectivity index (χ1n) is 8.23. The van der Waals surface area contributed by atoms with Gasteiger partial charge in [-0.3, -0.25) is 4.99 Å². The van der Waals surface area contributed by atoms with Gasteiger partial charge in [-0.1, -0.05) is 19.1 Å². The van der Waals surface area contributed by atoms with Crippen LogP contribution in [0.25, 0.3) is 0 Å². The molecule has 2 aromatic rings. The van der Waals surface area contributed by atoms with E-state index in [1.54, 1.807) is 18.4 Å². The number of hydrogen-bond donors (Lipinski definition) is 1. The van der Waals surface area contributed by atoms with Crippen LogP contribution in [0.3, 0.4) is 0 Å². The summed E-state index contributed by atoms with van der Waals surface area (Å²) in [4.78, 5) is 12.2. The highest BCUT2D eigenvalue weighted by molar-refractivity contribution is 14.0. The minimum Gasteiger partial charge on any atom is -0.494 e. The normalized spacial score (nSPS) is 11.0. The van der Waals surface area contributed by atoms with Crippen molar-refractivity contribution in [1.29, 1.82) is 0 Å². The third-order valence-electron chi connectivity index (χ3n) is 3.58. The maximum Gasteiger partial charge on any atom is 0.194 e. The molecule has 138 valence electrons. The van der Waals surface area contributed by atoms with E-state index in [9.17, 15) is 0 Å². The molecule has 1 aromatic heterocycles. The minimum atomic E-state index is 0. The molecule has 0 bridgehead atoms.